The van der Waals surface area contributed by atoms with Gasteiger partial charge in [-0.15, -0.1) is 0 Å². The van der Waals surface area contributed by atoms with E-state index in [9.17, 15) is 13.2 Å². The third-order valence-corrected chi connectivity index (χ3v) is 6.22. The Labute approximate surface area is 142 Å². The summed E-state index contributed by atoms with van der Waals surface area (Å²) in [5.41, 5.74) is 1.25. The maximum atomic E-state index is 13.0. The molecule has 0 spiro atoms. The Morgan fingerprint density at radius 2 is 1.96 bits per heavy atom. The van der Waals surface area contributed by atoms with Gasteiger partial charge in [-0.1, -0.05) is 0 Å². The molecule has 0 aromatic heterocycles. The number of piperidine rings is 1. The molecule has 8 heteroatoms. The lowest BCUT2D eigenvalue weighted by Crippen LogP contribution is -2.44. The first kappa shape index (κ1) is 18.7. The number of ether oxygens (including phenoxy) is 2. The Morgan fingerprint density at radius 3 is 2.50 bits per heavy atom. The molecule has 1 saturated heterocycles. The normalized spacial score (nSPS) is 19.2. The number of aliphatic carboxylic acids is 1. The molecule has 0 aliphatic carbocycles. The number of hydrogen-bond acceptors (Lipinski definition) is 5. The number of carbonyl (C=O) groups is 1. The van der Waals surface area contributed by atoms with Crippen LogP contribution in [0.4, 0.5) is 0 Å². The second kappa shape index (κ2) is 7.50. The first-order chi connectivity index (χ1) is 11.3. The van der Waals surface area contributed by atoms with Gasteiger partial charge in [-0.3, -0.25) is 0 Å². The van der Waals surface area contributed by atoms with Gasteiger partial charge in [0.05, 0.1) is 18.1 Å². The lowest BCUT2D eigenvalue weighted by atomic mass is 10.1. The molecule has 1 fully saturated rings. The van der Waals surface area contributed by atoms with Crippen molar-refractivity contribution in [2.24, 2.45) is 0 Å². The smallest absolute Gasteiger partial charge is 0.329 e. The summed E-state index contributed by atoms with van der Waals surface area (Å²) < 4.78 is 37.9. The van der Waals surface area contributed by atoms with E-state index in [1.807, 2.05) is 0 Å². The fourth-order valence-corrected chi connectivity index (χ4v) is 4.93. The van der Waals surface area contributed by atoms with Crippen molar-refractivity contribution in [2.75, 3.05) is 26.8 Å². The molecule has 1 aliphatic heterocycles. The predicted octanol–water partition coefficient (Wildman–Crippen LogP) is 1.57. The van der Waals surface area contributed by atoms with Gasteiger partial charge in [-0.2, -0.15) is 4.31 Å². The molecule has 24 heavy (non-hydrogen) atoms. The number of carboxylic acid groups (broad SMARTS) is 1. The van der Waals surface area contributed by atoms with E-state index in [0.29, 0.717) is 36.3 Å². The average molecular weight is 357 g/mol. The number of rotatable bonds is 6. The van der Waals surface area contributed by atoms with Gasteiger partial charge >= 0.3 is 5.97 Å². The summed E-state index contributed by atoms with van der Waals surface area (Å²) in [6.07, 6.45) is 0.890. The van der Waals surface area contributed by atoms with E-state index < -0.39 is 28.7 Å². The quantitative estimate of drug-likeness (QED) is 0.831. The molecule has 1 N–H and O–H groups in total. The fourth-order valence-electron chi connectivity index (χ4n) is 3.01. The van der Waals surface area contributed by atoms with E-state index in [-0.39, 0.29) is 11.4 Å². The Hall–Kier alpha value is -1.64. The standard InChI is InChI=1S/C16H23NO6S/c1-11-7-14(22-3)8-12(2)16(11)24(20,21)17-6-4-5-13(9-17)23-10-15(18)19/h7-8,13H,4-6,9-10H2,1-3H3,(H,18,19). The van der Waals surface area contributed by atoms with E-state index in [2.05, 4.69) is 0 Å². The van der Waals surface area contributed by atoms with Crippen LogP contribution in [-0.2, 0) is 19.6 Å². The number of carboxylic acids is 1. The summed E-state index contributed by atoms with van der Waals surface area (Å²) in [5.74, 6) is -0.443. The average Bonchev–Trinajstić information content (AvgIpc) is 2.52. The highest BCUT2D eigenvalue weighted by molar-refractivity contribution is 7.89. The van der Waals surface area contributed by atoms with Crippen LogP contribution in [0.2, 0.25) is 0 Å². The maximum Gasteiger partial charge on any atom is 0.329 e. The van der Waals surface area contributed by atoms with Gasteiger partial charge < -0.3 is 14.6 Å². The van der Waals surface area contributed by atoms with Crippen LogP contribution in [0.5, 0.6) is 5.75 Å². The molecule has 1 atom stereocenters. The molecule has 0 amide bonds. The number of sulfonamides is 1. The summed E-state index contributed by atoms with van der Waals surface area (Å²) in [7, 11) is -2.13. The topological polar surface area (TPSA) is 93.1 Å². The molecule has 1 aromatic rings. The summed E-state index contributed by atoms with van der Waals surface area (Å²) in [6, 6.07) is 3.39. The Balaban J connectivity index is 2.25. The van der Waals surface area contributed by atoms with Gasteiger partial charge in [0.1, 0.15) is 12.4 Å². The second-order valence-electron chi connectivity index (χ2n) is 5.92. The minimum absolute atomic E-state index is 0.167. The lowest BCUT2D eigenvalue weighted by molar-refractivity contribution is -0.145. The largest absolute Gasteiger partial charge is 0.497 e. The molecule has 134 valence electrons. The molecule has 1 aliphatic rings. The SMILES string of the molecule is COc1cc(C)c(S(=O)(=O)N2CCCC(OCC(=O)O)C2)c(C)c1. The van der Waals surface area contributed by atoms with Crippen LogP contribution in [0.25, 0.3) is 0 Å². The fraction of sp³-hybridized carbons (Fsp3) is 0.562. The van der Waals surface area contributed by atoms with Crippen molar-refractivity contribution >= 4 is 16.0 Å². The van der Waals surface area contributed by atoms with Gasteiger partial charge in [0.25, 0.3) is 0 Å². The number of methoxy groups -OCH3 is 1. The number of benzene rings is 1. The number of hydrogen-bond donors (Lipinski definition) is 1. The van der Waals surface area contributed by atoms with Crippen molar-refractivity contribution in [1.82, 2.24) is 4.31 Å². The molecule has 0 bridgehead atoms. The van der Waals surface area contributed by atoms with Gasteiger partial charge in [-0.05, 0) is 49.9 Å². The van der Waals surface area contributed by atoms with Crippen LogP contribution in [0, 0.1) is 13.8 Å². The van der Waals surface area contributed by atoms with Crippen LogP contribution in [-0.4, -0.2) is 56.7 Å². The third-order valence-electron chi connectivity index (χ3n) is 4.05. The zero-order valence-electron chi connectivity index (χ0n) is 14.1. The van der Waals surface area contributed by atoms with Gasteiger partial charge in [0, 0.05) is 13.1 Å². The molecular formula is C16H23NO6S. The van der Waals surface area contributed by atoms with Crippen LogP contribution >= 0.6 is 0 Å². The highest BCUT2D eigenvalue weighted by atomic mass is 32.2. The van der Waals surface area contributed by atoms with E-state index in [1.54, 1.807) is 26.0 Å². The van der Waals surface area contributed by atoms with Gasteiger partial charge in [-0.25, -0.2) is 13.2 Å². The third kappa shape index (κ3) is 4.06. The monoisotopic (exact) mass is 357 g/mol. The van der Waals surface area contributed by atoms with Crippen molar-refractivity contribution in [3.8, 4) is 5.75 Å². The number of aryl methyl sites for hydroxylation is 2. The Kier molecular flexibility index (Phi) is 5.84. The molecule has 1 unspecified atom stereocenters. The van der Waals surface area contributed by atoms with E-state index >= 15 is 0 Å². The molecular weight excluding hydrogens is 334 g/mol. The van der Waals surface area contributed by atoms with E-state index in [0.717, 1.165) is 0 Å². The van der Waals surface area contributed by atoms with E-state index in [1.165, 1.54) is 11.4 Å². The molecule has 1 aromatic carbocycles. The van der Waals surface area contributed by atoms with Crippen molar-refractivity contribution in [2.45, 2.75) is 37.7 Å². The molecule has 1 heterocycles. The van der Waals surface area contributed by atoms with Gasteiger partial charge in [0.15, 0.2) is 0 Å². The summed E-state index contributed by atoms with van der Waals surface area (Å²) >= 11 is 0. The van der Waals surface area contributed by atoms with Crippen LogP contribution < -0.4 is 4.74 Å². The van der Waals surface area contributed by atoms with Crippen molar-refractivity contribution < 1.29 is 27.8 Å². The minimum atomic E-state index is -3.67. The predicted molar refractivity (Wildman–Crippen MR) is 87.8 cm³/mol. The van der Waals surface area contributed by atoms with Crippen LogP contribution in [0.1, 0.15) is 24.0 Å². The zero-order chi connectivity index (χ0) is 17.9. The van der Waals surface area contributed by atoms with Gasteiger partial charge in [0.2, 0.25) is 10.0 Å². The van der Waals surface area contributed by atoms with E-state index in [4.69, 9.17) is 14.6 Å². The maximum absolute atomic E-state index is 13.0. The highest BCUT2D eigenvalue weighted by Gasteiger charge is 2.33. The zero-order valence-corrected chi connectivity index (χ0v) is 14.9. The molecule has 2 rings (SSSR count). The number of nitrogens with zero attached hydrogens (tertiary/aromatic N) is 1. The van der Waals surface area contributed by atoms with Crippen LogP contribution in [0.15, 0.2) is 17.0 Å². The minimum Gasteiger partial charge on any atom is -0.497 e. The van der Waals surface area contributed by atoms with Crippen molar-refractivity contribution in [1.29, 1.82) is 0 Å². The molecule has 0 radical (unpaired) electrons. The summed E-state index contributed by atoms with van der Waals surface area (Å²) in [4.78, 5) is 10.9. The van der Waals surface area contributed by atoms with Crippen LogP contribution in [0.3, 0.4) is 0 Å². The Morgan fingerprint density at radius 1 is 1.33 bits per heavy atom. The summed E-state index contributed by atoms with van der Waals surface area (Å²) in [5, 5.41) is 8.70. The lowest BCUT2D eigenvalue weighted by Gasteiger charge is -2.32. The Bertz CT molecular complexity index is 692. The first-order valence-electron chi connectivity index (χ1n) is 7.74. The highest BCUT2D eigenvalue weighted by Crippen LogP contribution is 2.30. The summed E-state index contributed by atoms with van der Waals surface area (Å²) in [6.45, 7) is 3.63. The first-order valence-corrected chi connectivity index (χ1v) is 9.18. The molecule has 7 nitrogen and oxygen atoms in total. The van der Waals surface area contributed by atoms with Crippen molar-refractivity contribution in [3.05, 3.63) is 23.3 Å². The van der Waals surface area contributed by atoms with Crippen molar-refractivity contribution in [3.63, 3.8) is 0 Å². The second-order valence-corrected chi connectivity index (χ2v) is 7.80. The molecule has 0 saturated carbocycles.